The van der Waals surface area contributed by atoms with Crippen LogP contribution < -0.4 is 10.6 Å². The molecule has 1 amide bonds. The number of benzene rings is 1. The van der Waals surface area contributed by atoms with E-state index in [9.17, 15) is 4.79 Å². The van der Waals surface area contributed by atoms with Crippen LogP contribution in [0.4, 0.5) is 0 Å². The summed E-state index contributed by atoms with van der Waals surface area (Å²) in [5, 5.41) is 11.1. The third kappa shape index (κ3) is 4.52. The van der Waals surface area contributed by atoms with Gasteiger partial charge in [-0.05, 0) is 69.3 Å². The van der Waals surface area contributed by atoms with Gasteiger partial charge in [-0.15, -0.1) is 0 Å². The topological polar surface area (TPSA) is 59.0 Å². The van der Waals surface area contributed by atoms with E-state index in [2.05, 4.69) is 47.8 Å². The summed E-state index contributed by atoms with van der Waals surface area (Å²) in [5.41, 5.74) is 4.21. The highest BCUT2D eigenvalue weighted by atomic mass is 16.1. The molecule has 2 aromatic rings. The van der Waals surface area contributed by atoms with Crippen molar-refractivity contribution in [3.05, 3.63) is 47.3 Å². The number of piperidine rings is 1. The van der Waals surface area contributed by atoms with Gasteiger partial charge in [0.2, 0.25) is 5.91 Å². The smallest absolute Gasteiger partial charge is 0.220 e. The van der Waals surface area contributed by atoms with Crippen LogP contribution in [0.2, 0.25) is 0 Å². The molecule has 0 saturated carbocycles. The minimum Gasteiger partial charge on any atom is -0.352 e. The Bertz CT molecular complexity index is 746. The van der Waals surface area contributed by atoms with Crippen molar-refractivity contribution in [2.75, 3.05) is 13.1 Å². The molecule has 1 aromatic carbocycles. The SMILES string of the molecule is Cc1cc(C)n(-c2ccccc2CNC(=O)CC(C)C2CCCNC2)n1. The Morgan fingerprint density at radius 2 is 2.19 bits per heavy atom. The Balaban J connectivity index is 1.61. The van der Waals surface area contributed by atoms with Crippen molar-refractivity contribution >= 4 is 5.91 Å². The first-order valence-corrected chi connectivity index (χ1v) is 9.63. The third-order valence-electron chi connectivity index (χ3n) is 5.35. The van der Waals surface area contributed by atoms with Crippen LogP contribution in [0.25, 0.3) is 5.69 Å². The van der Waals surface area contributed by atoms with Gasteiger partial charge in [0.1, 0.15) is 0 Å². The minimum atomic E-state index is 0.131. The summed E-state index contributed by atoms with van der Waals surface area (Å²) < 4.78 is 1.95. The lowest BCUT2D eigenvalue weighted by Gasteiger charge is -2.28. The second-order valence-electron chi connectivity index (χ2n) is 7.53. The van der Waals surface area contributed by atoms with Crippen LogP contribution in [0, 0.1) is 25.7 Å². The van der Waals surface area contributed by atoms with E-state index >= 15 is 0 Å². The molecule has 2 heterocycles. The zero-order valence-corrected chi connectivity index (χ0v) is 16.1. The van der Waals surface area contributed by atoms with Crippen LogP contribution in [0.3, 0.4) is 0 Å². The molecule has 2 atom stereocenters. The van der Waals surface area contributed by atoms with Crippen molar-refractivity contribution in [1.29, 1.82) is 0 Å². The van der Waals surface area contributed by atoms with E-state index in [1.54, 1.807) is 0 Å². The number of amides is 1. The number of carbonyl (C=O) groups is 1. The van der Waals surface area contributed by atoms with E-state index in [0.717, 1.165) is 35.7 Å². The summed E-state index contributed by atoms with van der Waals surface area (Å²) in [5.74, 6) is 1.15. The molecule has 0 bridgehead atoms. The Morgan fingerprint density at radius 3 is 2.88 bits per heavy atom. The largest absolute Gasteiger partial charge is 0.352 e. The van der Waals surface area contributed by atoms with Crippen LogP contribution in [0.1, 0.15) is 43.1 Å². The molecule has 2 unspecified atom stereocenters. The van der Waals surface area contributed by atoms with Gasteiger partial charge in [-0.3, -0.25) is 4.79 Å². The highest BCUT2D eigenvalue weighted by Crippen LogP contribution is 2.22. The van der Waals surface area contributed by atoms with Crippen molar-refractivity contribution < 1.29 is 4.79 Å². The van der Waals surface area contributed by atoms with E-state index in [-0.39, 0.29) is 5.91 Å². The molecule has 5 nitrogen and oxygen atoms in total. The van der Waals surface area contributed by atoms with Gasteiger partial charge in [0, 0.05) is 18.7 Å². The quantitative estimate of drug-likeness (QED) is 0.838. The van der Waals surface area contributed by atoms with Crippen molar-refractivity contribution in [2.24, 2.45) is 11.8 Å². The average molecular weight is 354 g/mol. The molecular formula is C21H30N4O. The highest BCUT2D eigenvalue weighted by molar-refractivity contribution is 5.76. The standard InChI is InChI=1S/C21H30N4O/c1-15(18-8-6-10-22-13-18)11-21(26)23-14-19-7-4-5-9-20(19)25-17(3)12-16(2)24-25/h4-5,7,9,12,15,18,22H,6,8,10-11,13-14H2,1-3H3,(H,23,26). The number of aromatic nitrogens is 2. The Morgan fingerprint density at radius 1 is 1.38 bits per heavy atom. The Hall–Kier alpha value is -2.14. The van der Waals surface area contributed by atoms with Crippen molar-refractivity contribution in [3.63, 3.8) is 0 Å². The van der Waals surface area contributed by atoms with Gasteiger partial charge in [-0.25, -0.2) is 4.68 Å². The Kier molecular flexibility index (Phi) is 6.09. The molecule has 3 rings (SSSR count). The van der Waals surface area contributed by atoms with E-state index in [1.807, 2.05) is 23.7 Å². The molecule has 5 heteroatoms. The highest BCUT2D eigenvalue weighted by Gasteiger charge is 2.22. The summed E-state index contributed by atoms with van der Waals surface area (Å²) in [7, 11) is 0. The summed E-state index contributed by atoms with van der Waals surface area (Å²) in [4.78, 5) is 12.4. The van der Waals surface area contributed by atoms with Crippen molar-refractivity contribution in [1.82, 2.24) is 20.4 Å². The van der Waals surface area contributed by atoms with Crippen LogP contribution in [-0.4, -0.2) is 28.8 Å². The lowest BCUT2D eigenvalue weighted by molar-refractivity contribution is -0.122. The molecule has 1 fully saturated rings. The molecule has 0 spiro atoms. The van der Waals surface area contributed by atoms with Gasteiger partial charge in [0.25, 0.3) is 0 Å². The molecular weight excluding hydrogens is 324 g/mol. The number of nitrogens with zero attached hydrogens (tertiary/aromatic N) is 2. The third-order valence-corrected chi connectivity index (χ3v) is 5.35. The van der Waals surface area contributed by atoms with Crippen LogP contribution in [-0.2, 0) is 11.3 Å². The zero-order valence-electron chi connectivity index (χ0n) is 16.1. The fourth-order valence-electron chi connectivity index (χ4n) is 3.83. The summed E-state index contributed by atoms with van der Waals surface area (Å²) in [6, 6.07) is 10.2. The number of rotatable bonds is 6. The number of para-hydroxylation sites is 1. The minimum absolute atomic E-state index is 0.131. The number of aryl methyl sites for hydroxylation is 2. The average Bonchev–Trinajstić information content (AvgIpc) is 2.99. The number of hydrogen-bond acceptors (Lipinski definition) is 3. The van der Waals surface area contributed by atoms with Crippen LogP contribution in [0.15, 0.2) is 30.3 Å². The molecule has 1 aliphatic heterocycles. The summed E-state index contributed by atoms with van der Waals surface area (Å²) >= 11 is 0. The van der Waals surface area contributed by atoms with Gasteiger partial charge < -0.3 is 10.6 Å². The van der Waals surface area contributed by atoms with Gasteiger partial charge in [0.15, 0.2) is 0 Å². The number of carbonyl (C=O) groups excluding carboxylic acids is 1. The molecule has 0 aliphatic carbocycles. The monoisotopic (exact) mass is 354 g/mol. The maximum Gasteiger partial charge on any atom is 0.220 e. The van der Waals surface area contributed by atoms with E-state index in [1.165, 1.54) is 12.8 Å². The van der Waals surface area contributed by atoms with Gasteiger partial charge in [-0.2, -0.15) is 5.10 Å². The molecule has 1 aliphatic rings. The van der Waals surface area contributed by atoms with Crippen molar-refractivity contribution in [3.8, 4) is 5.69 Å². The second-order valence-corrected chi connectivity index (χ2v) is 7.53. The van der Waals surface area contributed by atoms with E-state index < -0.39 is 0 Å². The predicted octanol–water partition coefficient (Wildman–Crippen LogP) is 3.13. The van der Waals surface area contributed by atoms with Crippen LogP contribution in [0.5, 0.6) is 0 Å². The van der Waals surface area contributed by atoms with Gasteiger partial charge in [-0.1, -0.05) is 25.1 Å². The van der Waals surface area contributed by atoms with Gasteiger partial charge >= 0.3 is 0 Å². The molecule has 0 radical (unpaired) electrons. The molecule has 1 aromatic heterocycles. The van der Waals surface area contributed by atoms with Gasteiger partial charge in [0.05, 0.1) is 11.4 Å². The molecule has 140 valence electrons. The lowest BCUT2D eigenvalue weighted by Crippen LogP contribution is -2.35. The summed E-state index contributed by atoms with van der Waals surface area (Å²) in [6.45, 7) is 8.92. The van der Waals surface area contributed by atoms with E-state index in [0.29, 0.717) is 24.8 Å². The fraction of sp³-hybridized carbons (Fsp3) is 0.524. The van der Waals surface area contributed by atoms with Crippen molar-refractivity contribution in [2.45, 2.75) is 46.6 Å². The zero-order chi connectivity index (χ0) is 18.5. The summed E-state index contributed by atoms with van der Waals surface area (Å²) in [6.07, 6.45) is 3.03. The molecule has 2 N–H and O–H groups in total. The fourth-order valence-corrected chi connectivity index (χ4v) is 3.83. The number of nitrogens with one attached hydrogen (secondary N) is 2. The first-order valence-electron chi connectivity index (χ1n) is 9.63. The van der Waals surface area contributed by atoms with E-state index in [4.69, 9.17) is 0 Å². The van der Waals surface area contributed by atoms with Crippen LogP contribution >= 0.6 is 0 Å². The molecule has 1 saturated heterocycles. The predicted molar refractivity (Wildman–Crippen MR) is 104 cm³/mol. The Labute approximate surface area is 156 Å². The lowest BCUT2D eigenvalue weighted by atomic mass is 9.85. The second kappa shape index (κ2) is 8.49. The first-order chi connectivity index (χ1) is 12.5. The number of hydrogen-bond donors (Lipinski definition) is 2. The maximum absolute atomic E-state index is 12.4. The molecule has 26 heavy (non-hydrogen) atoms. The first kappa shape index (κ1) is 18.6. The normalized spacial score (nSPS) is 18.5. The maximum atomic E-state index is 12.4.